The van der Waals surface area contributed by atoms with Crippen LogP contribution in [0.1, 0.15) is 24.4 Å². The van der Waals surface area contributed by atoms with Crippen molar-refractivity contribution < 1.29 is 4.74 Å². The lowest BCUT2D eigenvalue weighted by Crippen LogP contribution is -2.27. The molecule has 94 valence electrons. The molecule has 0 radical (unpaired) electrons. The van der Waals surface area contributed by atoms with E-state index in [1.54, 1.807) is 0 Å². The van der Waals surface area contributed by atoms with E-state index in [1.807, 2.05) is 18.5 Å². The summed E-state index contributed by atoms with van der Waals surface area (Å²) < 4.78 is 5.41. The first-order chi connectivity index (χ1) is 8.86. The molecule has 0 spiro atoms. The summed E-state index contributed by atoms with van der Waals surface area (Å²) in [7, 11) is 0. The molecule has 1 aliphatic heterocycles. The van der Waals surface area contributed by atoms with Crippen LogP contribution in [0.15, 0.2) is 36.7 Å². The quantitative estimate of drug-likeness (QED) is 0.880. The van der Waals surface area contributed by atoms with Crippen molar-refractivity contribution in [3.05, 3.63) is 42.2 Å². The van der Waals surface area contributed by atoms with Gasteiger partial charge in [0, 0.05) is 37.0 Å². The Morgan fingerprint density at radius 1 is 1.22 bits per heavy atom. The molecule has 2 aromatic rings. The number of nitrogens with two attached hydrogens (primary N) is 1. The molecule has 0 saturated carbocycles. The lowest BCUT2D eigenvalue weighted by Gasteiger charge is -2.28. The zero-order valence-corrected chi connectivity index (χ0v) is 10.4. The van der Waals surface area contributed by atoms with Gasteiger partial charge in [-0.05, 0) is 35.8 Å². The van der Waals surface area contributed by atoms with E-state index in [0.29, 0.717) is 5.92 Å². The summed E-state index contributed by atoms with van der Waals surface area (Å²) in [6, 6.07) is 8.44. The third-order valence-corrected chi connectivity index (χ3v) is 3.85. The summed E-state index contributed by atoms with van der Waals surface area (Å²) in [4.78, 5) is 4.22. The molecule has 1 saturated heterocycles. The second-order valence-electron chi connectivity index (χ2n) is 4.92. The topological polar surface area (TPSA) is 48.1 Å². The molecule has 1 unspecified atom stereocenters. The Morgan fingerprint density at radius 2 is 2.06 bits per heavy atom. The zero-order valence-electron chi connectivity index (χ0n) is 10.4. The number of rotatable bonds is 2. The lowest BCUT2D eigenvalue weighted by molar-refractivity contribution is 0.0585. The van der Waals surface area contributed by atoms with Crippen molar-refractivity contribution in [1.82, 2.24) is 4.98 Å². The Kier molecular flexibility index (Phi) is 3.26. The van der Waals surface area contributed by atoms with Crippen molar-refractivity contribution >= 4 is 10.8 Å². The maximum atomic E-state index is 6.45. The molecular weight excluding hydrogens is 224 g/mol. The van der Waals surface area contributed by atoms with Crippen LogP contribution in [0.5, 0.6) is 0 Å². The predicted octanol–water partition coefficient (Wildman–Crippen LogP) is 2.66. The van der Waals surface area contributed by atoms with E-state index in [0.717, 1.165) is 26.1 Å². The molecule has 3 rings (SSSR count). The van der Waals surface area contributed by atoms with Crippen LogP contribution in [0.25, 0.3) is 10.8 Å². The van der Waals surface area contributed by atoms with E-state index in [4.69, 9.17) is 10.5 Å². The molecule has 2 N–H and O–H groups in total. The number of ether oxygens (including phenoxy) is 1. The number of fused-ring (bicyclic) bond motifs is 1. The third kappa shape index (κ3) is 2.11. The second-order valence-corrected chi connectivity index (χ2v) is 4.92. The van der Waals surface area contributed by atoms with E-state index < -0.39 is 0 Å². The molecule has 1 atom stereocenters. The maximum absolute atomic E-state index is 6.45. The highest BCUT2D eigenvalue weighted by molar-refractivity contribution is 5.85. The Morgan fingerprint density at radius 3 is 2.89 bits per heavy atom. The van der Waals surface area contributed by atoms with Gasteiger partial charge in [0.2, 0.25) is 0 Å². The monoisotopic (exact) mass is 242 g/mol. The van der Waals surface area contributed by atoms with Crippen LogP contribution in [0.4, 0.5) is 0 Å². The minimum atomic E-state index is 0.0850. The predicted molar refractivity (Wildman–Crippen MR) is 72.2 cm³/mol. The highest BCUT2D eigenvalue weighted by atomic mass is 16.5. The molecule has 2 heterocycles. The van der Waals surface area contributed by atoms with Gasteiger partial charge in [0.25, 0.3) is 0 Å². The van der Waals surface area contributed by atoms with Gasteiger partial charge in [-0.25, -0.2) is 0 Å². The van der Waals surface area contributed by atoms with Gasteiger partial charge in [-0.3, -0.25) is 4.98 Å². The minimum absolute atomic E-state index is 0.0850. The average Bonchev–Trinajstić information content (AvgIpc) is 2.47. The van der Waals surface area contributed by atoms with Crippen LogP contribution < -0.4 is 5.73 Å². The zero-order chi connectivity index (χ0) is 12.4. The fraction of sp³-hybridized carbons (Fsp3) is 0.400. The smallest absolute Gasteiger partial charge is 0.0469 e. The minimum Gasteiger partial charge on any atom is -0.381 e. The molecule has 0 amide bonds. The molecule has 3 heteroatoms. The number of hydrogen-bond donors (Lipinski definition) is 1. The van der Waals surface area contributed by atoms with Crippen LogP contribution in [0, 0.1) is 5.92 Å². The molecular formula is C15H18N2O. The van der Waals surface area contributed by atoms with Crippen LogP contribution >= 0.6 is 0 Å². The third-order valence-electron chi connectivity index (χ3n) is 3.85. The van der Waals surface area contributed by atoms with Gasteiger partial charge in [0.15, 0.2) is 0 Å². The molecule has 18 heavy (non-hydrogen) atoms. The van der Waals surface area contributed by atoms with E-state index in [2.05, 4.69) is 23.2 Å². The Hall–Kier alpha value is -1.45. The highest BCUT2D eigenvalue weighted by Crippen LogP contribution is 2.31. The molecule has 1 aromatic heterocycles. The SMILES string of the molecule is NC(c1cccc2ccncc12)C1CCOCC1. The van der Waals surface area contributed by atoms with E-state index in [1.165, 1.54) is 16.3 Å². The Labute approximate surface area is 107 Å². The second kappa shape index (κ2) is 5.04. The van der Waals surface area contributed by atoms with Crippen LogP contribution in [0.3, 0.4) is 0 Å². The first kappa shape index (κ1) is 11.6. The molecule has 0 aliphatic carbocycles. The fourth-order valence-corrected chi connectivity index (χ4v) is 2.76. The van der Waals surface area contributed by atoms with Crippen molar-refractivity contribution in [2.24, 2.45) is 11.7 Å². The van der Waals surface area contributed by atoms with Crippen LogP contribution in [-0.4, -0.2) is 18.2 Å². The van der Waals surface area contributed by atoms with E-state index in [-0.39, 0.29) is 6.04 Å². The van der Waals surface area contributed by atoms with Crippen molar-refractivity contribution in [1.29, 1.82) is 0 Å². The van der Waals surface area contributed by atoms with E-state index >= 15 is 0 Å². The van der Waals surface area contributed by atoms with Crippen LogP contribution in [-0.2, 0) is 4.74 Å². The summed E-state index contributed by atoms with van der Waals surface area (Å²) in [6.07, 6.45) is 5.85. The van der Waals surface area contributed by atoms with Crippen molar-refractivity contribution in [2.75, 3.05) is 13.2 Å². The molecule has 0 bridgehead atoms. The van der Waals surface area contributed by atoms with Gasteiger partial charge < -0.3 is 10.5 Å². The summed E-state index contributed by atoms with van der Waals surface area (Å²) in [6.45, 7) is 1.67. The van der Waals surface area contributed by atoms with Crippen molar-refractivity contribution in [3.63, 3.8) is 0 Å². The molecule has 1 aromatic carbocycles. The van der Waals surface area contributed by atoms with Crippen molar-refractivity contribution in [2.45, 2.75) is 18.9 Å². The van der Waals surface area contributed by atoms with Gasteiger partial charge in [0.1, 0.15) is 0 Å². The lowest BCUT2D eigenvalue weighted by atomic mass is 9.86. The average molecular weight is 242 g/mol. The summed E-state index contributed by atoms with van der Waals surface area (Å²) in [5.74, 6) is 0.518. The summed E-state index contributed by atoms with van der Waals surface area (Å²) >= 11 is 0. The highest BCUT2D eigenvalue weighted by Gasteiger charge is 2.23. The molecule has 1 aliphatic rings. The number of aromatic nitrogens is 1. The molecule has 1 fully saturated rings. The first-order valence-corrected chi connectivity index (χ1v) is 6.52. The van der Waals surface area contributed by atoms with Gasteiger partial charge in [-0.15, -0.1) is 0 Å². The standard InChI is InChI=1S/C15H18N2O/c16-15(12-5-8-18-9-6-12)13-3-1-2-11-4-7-17-10-14(11)13/h1-4,7,10,12,15H,5-6,8-9,16H2. The summed E-state index contributed by atoms with van der Waals surface area (Å²) in [5, 5.41) is 2.39. The van der Waals surface area contributed by atoms with Gasteiger partial charge in [0.05, 0.1) is 0 Å². The van der Waals surface area contributed by atoms with Crippen LogP contribution in [0.2, 0.25) is 0 Å². The Balaban J connectivity index is 1.97. The number of nitrogens with zero attached hydrogens (tertiary/aromatic N) is 1. The fourth-order valence-electron chi connectivity index (χ4n) is 2.76. The normalized spacial score (nSPS) is 18.9. The summed E-state index contributed by atoms with van der Waals surface area (Å²) in [5.41, 5.74) is 7.67. The number of pyridine rings is 1. The van der Waals surface area contributed by atoms with Gasteiger partial charge >= 0.3 is 0 Å². The number of hydrogen-bond acceptors (Lipinski definition) is 3. The number of benzene rings is 1. The maximum Gasteiger partial charge on any atom is 0.0469 e. The first-order valence-electron chi connectivity index (χ1n) is 6.52. The largest absolute Gasteiger partial charge is 0.381 e. The van der Waals surface area contributed by atoms with Gasteiger partial charge in [-0.1, -0.05) is 18.2 Å². The Bertz CT molecular complexity index is 530. The molecule has 3 nitrogen and oxygen atoms in total. The van der Waals surface area contributed by atoms with E-state index in [9.17, 15) is 0 Å². The van der Waals surface area contributed by atoms with Gasteiger partial charge in [-0.2, -0.15) is 0 Å². The van der Waals surface area contributed by atoms with Crippen molar-refractivity contribution in [3.8, 4) is 0 Å².